The molecule has 3 aromatic rings. The Morgan fingerprint density at radius 3 is 2.70 bits per heavy atom. The summed E-state index contributed by atoms with van der Waals surface area (Å²) in [6, 6.07) is 16.1. The SMILES string of the molecule is Cc1ccc(-n2cnnc2SCC(=O)Nc2ccccc2CN2CCOCC2)cc1. The Bertz CT molecular complexity index is 983. The van der Waals surface area contributed by atoms with Crippen molar-refractivity contribution >= 4 is 23.4 Å². The Morgan fingerprint density at radius 2 is 1.90 bits per heavy atom. The summed E-state index contributed by atoms with van der Waals surface area (Å²) >= 11 is 1.37. The average Bonchev–Trinajstić information content (AvgIpc) is 3.24. The van der Waals surface area contributed by atoms with Crippen molar-refractivity contribution in [3.63, 3.8) is 0 Å². The number of carbonyl (C=O) groups is 1. The fourth-order valence-electron chi connectivity index (χ4n) is 3.30. The molecule has 0 saturated carbocycles. The molecule has 2 aromatic carbocycles. The molecule has 156 valence electrons. The van der Waals surface area contributed by atoms with Crippen molar-refractivity contribution in [3.8, 4) is 5.69 Å². The van der Waals surface area contributed by atoms with E-state index in [2.05, 4.69) is 26.5 Å². The third-order valence-electron chi connectivity index (χ3n) is 4.95. The van der Waals surface area contributed by atoms with Crippen LogP contribution in [-0.2, 0) is 16.1 Å². The van der Waals surface area contributed by atoms with Crippen molar-refractivity contribution in [2.24, 2.45) is 0 Å². The molecule has 7 nitrogen and oxygen atoms in total. The van der Waals surface area contributed by atoms with Crippen LogP contribution in [0.5, 0.6) is 0 Å². The molecule has 0 atom stereocenters. The van der Waals surface area contributed by atoms with Crippen LogP contribution in [-0.4, -0.2) is 57.6 Å². The first-order valence-electron chi connectivity index (χ1n) is 9.97. The van der Waals surface area contributed by atoms with Gasteiger partial charge in [0.2, 0.25) is 5.91 Å². The van der Waals surface area contributed by atoms with E-state index in [4.69, 9.17) is 4.74 Å². The molecule has 0 bridgehead atoms. The van der Waals surface area contributed by atoms with Gasteiger partial charge in [-0.1, -0.05) is 47.7 Å². The van der Waals surface area contributed by atoms with E-state index in [0.717, 1.165) is 49.8 Å². The van der Waals surface area contributed by atoms with Gasteiger partial charge in [0.15, 0.2) is 5.16 Å². The predicted octanol–water partition coefficient (Wildman–Crippen LogP) is 3.14. The minimum Gasteiger partial charge on any atom is -0.379 e. The molecule has 0 unspecified atom stereocenters. The Labute approximate surface area is 180 Å². The predicted molar refractivity (Wildman–Crippen MR) is 118 cm³/mol. The number of rotatable bonds is 7. The molecule has 1 aliphatic rings. The molecule has 1 amide bonds. The Hall–Kier alpha value is -2.68. The molecule has 1 N–H and O–H groups in total. The third kappa shape index (κ3) is 5.27. The lowest BCUT2D eigenvalue weighted by Crippen LogP contribution is -2.35. The van der Waals surface area contributed by atoms with Crippen LogP contribution in [0.15, 0.2) is 60.0 Å². The van der Waals surface area contributed by atoms with E-state index >= 15 is 0 Å². The second kappa shape index (κ2) is 9.88. The summed E-state index contributed by atoms with van der Waals surface area (Å²) in [6.07, 6.45) is 1.67. The molecule has 4 rings (SSSR count). The number of nitrogens with one attached hydrogen (secondary N) is 1. The van der Waals surface area contributed by atoms with Crippen molar-refractivity contribution in [2.45, 2.75) is 18.6 Å². The number of benzene rings is 2. The topological polar surface area (TPSA) is 72.3 Å². The number of ether oxygens (including phenoxy) is 1. The second-order valence-corrected chi connectivity index (χ2v) is 8.14. The largest absolute Gasteiger partial charge is 0.379 e. The molecule has 1 aliphatic heterocycles. The molecule has 0 radical (unpaired) electrons. The lowest BCUT2D eigenvalue weighted by molar-refractivity contribution is -0.113. The van der Waals surface area contributed by atoms with Gasteiger partial charge in [-0.05, 0) is 30.7 Å². The van der Waals surface area contributed by atoms with E-state index in [1.807, 2.05) is 54.0 Å². The van der Waals surface area contributed by atoms with Crippen molar-refractivity contribution in [1.29, 1.82) is 0 Å². The van der Waals surface area contributed by atoms with Crippen molar-refractivity contribution in [1.82, 2.24) is 19.7 Å². The van der Waals surface area contributed by atoms with Crippen LogP contribution < -0.4 is 5.32 Å². The summed E-state index contributed by atoms with van der Waals surface area (Å²) in [4.78, 5) is 15.0. The number of morpholine rings is 1. The van der Waals surface area contributed by atoms with Crippen molar-refractivity contribution in [3.05, 3.63) is 66.0 Å². The maximum absolute atomic E-state index is 12.6. The van der Waals surface area contributed by atoms with Crippen molar-refractivity contribution < 1.29 is 9.53 Å². The van der Waals surface area contributed by atoms with Gasteiger partial charge in [0.25, 0.3) is 0 Å². The number of para-hydroxylation sites is 1. The lowest BCUT2D eigenvalue weighted by atomic mass is 10.1. The Kier molecular flexibility index (Phi) is 6.78. The first-order valence-corrected chi connectivity index (χ1v) is 11.0. The van der Waals surface area contributed by atoms with E-state index < -0.39 is 0 Å². The molecule has 30 heavy (non-hydrogen) atoms. The maximum atomic E-state index is 12.6. The number of anilines is 1. The normalized spacial score (nSPS) is 14.6. The van der Waals surface area contributed by atoms with E-state index in [0.29, 0.717) is 5.16 Å². The zero-order chi connectivity index (χ0) is 20.8. The van der Waals surface area contributed by atoms with Crippen molar-refractivity contribution in [2.75, 3.05) is 37.4 Å². The van der Waals surface area contributed by atoms with Gasteiger partial charge in [0.05, 0.1) is 19.0 Å². The quantitative estimate of drug-likeness (QED) is 0.589. The molecule has 1 aromatic heterocycles. The number of aryl methyl sites for hydroxylation is 1. The minimum atomic E-state index is -0.0621. The zero-order valence-corrected chi connectivity index (χ0v) is 17.8. The summed E-state index contributed by atoms with van der Waals surface area (Å²) < 4.78 is 7.31. The summed E-state index contributed by atoms with van der Waals surface area (Å²) in [7, 11) is 0. The monoisotopic (exact) mass is 423 g/mol. The number of carbonyl (C=O) groups excluding carboxylic acids is 1. The van der Waals surface area contributed by atoms with Gasteiger partial charge >= 0.3 is 0 Å². The molecule has 1 saturated heterocycles. The van der Waals surface area contributed by atoms with Crippen LogP contribution in [0, 0.1) is 6.92 Å². The van der Waals surface area contributed by atoms with Gasteiger partial charge < -0.3 is 10.1 Å². The third-order valence-corrected chi connectivity index (χ3v) is 5.89. The highest BCUT2D eigenvalue weighted by atomic mass is 32.2. The fraction of sp³-hybridized carbons (Fsp3) is 0.318. The molecular weight excluding hydrogens is 398 g/mol. The summed E-state index contributed by atoms with van der Waals surface area (Å²) in [5.41, 5.74) is 4.13. The van der Waals surface area contributed by atoms with Gasteiger partial charge in [0.1, 0.15) is 6.33 Å². The van der Waals surface area contributed by atoms with Gasteiger partial charge in [-0.2, -0.15) is 0 Å². The van der Waals surface area contributed by atoms with Gasteiger partial charge in [-0.25, -0.2) is 0 Å². The number of aromatic nitrogens is 3. The highest BCUT2D eigenvalue weighted by Gasteiger charge is 2.15. The summed E-state index contributed by atoms with van der Waals surface area (Å²) in [6.45, 7) is 6.18. The molecule has 1 fully saturated rings. The van der Waals surface area contributed by atoms with E-state index in [1.54, 1.807) is 6.33 Å². The first-order chi connectivity index (χ1) is 14.7. The van der Waals surface area contributed by atoms with Crippen LogP contribution in [0.4, 0.5) is 5.69 Å². The average molecular weight is 424 g/mol. The fourth-order valence-corrected chi connectivity index (χ4v) is 4.03. The van der Waals surface area contributed by atoms with E-state index in [9.17, 15) is 4.79 Å². The molecule has 0 spiro atoms. The number of amides is 1. The number of hydrogen-bond acceptors (Lipinski definition) is 6. The summed E-state index contributed by atoms with van der Waals surface area (Å²) in [5.74, 6) is 0.198. The number of hydrogen-bond donors (Lipinski definition) is 1. The molecule has 0 aliphatic carbocycles. The van der Waals surface area contributed by atoms with Crippen LogP contribution in [0.25, 0.3) is 5.69 Å². The van der Waals surface area contributed by atoms with E-state index in [-0.39, 0.29) is 11.7 Å². The molecule has 2 heterocycles. The van der Waals surface area contributed by atoms with Crippen LogP contribution in [0.3, 0.4) is 0 Å². The Balaban J connectivity index is 1.37. The van der Waals surface area contributed by atoms with Gasteiger partial charge in [-0.3, -0.25) is 14.3 Å². The number of nitrogens with zero attached hydrogens (tertiary/aromatic N) is 4. The van der Waals surface area contributed by atoms with Crippen LogP contribution in [0.1, 0.15) is 11.1 Å². The minimum absolute atomic E-state index is 0.0621. The molecular formula is C22H25N5O2S. The van der Waals surface area contributed by atoms with Crippen LogP contribution >= 0.6 is 11.8 Å². The Morgan fingerprint density at radius 1 is 1.13 bits per heavy atom. The lowest BCUT2D eigenvalue weighted by Gasteiger charge is -2.27. The van der Waals surface area contributed by atoms with Gasteiger partial charge in [0, 0.05) is 31.0 Å². The standard InChI is InChI=1S/C22H25N5O2S/c1-17-6-8-19(9-7-17)27-16-23-25-22(27)30-15-21(28)24-20-5-3-2-4-18(20)14-26-10-12-29-13-11-26/h2-9,16H,10-15H2,1H3,(H,24,28). The van der Waals surface area contributed by atoms with Crippen LogP contribution in [0.2, 0.25) is 0 Å². The highest BCUT2D eigenvalue weighted by Crippen LogP contribution is 2.22. The summed E-state index contributed by atoms with van der Waals surface area (Å²) in [5, 5.41) is 11.9. The highest BCUT2D eigenvalue weighted by molar-refractivity contribution is 7.99. The first kappa shape index (κ1) is 20.6. The second-order valence-electron chi connectivity index (χ2n) is 7.20. The van der Waals surface area contributed by atoms with E-state index in [1.165, 1.54) is 17.3 Å². The smallest absolute Gasteiger partial charge is 0.234 e. The maximum Gasteiger partial charge on any atom is 0.234 e. The van der Waals surface area contributed by atoms with Gasteiger partial charge in [-0.15, -0.1) is 10.2 Å². The zero-order valence-electron chi connectivity index (χ0n) is 17.0. The molecule has 8 heteroatoms. The number of thioether (sulfide) groups is 1.